The molecule has 1 fully saturated rings. The van der Waals surface area contributed by atoms with Crippen LogP contribution in [0.2, 0.25) is 0 Å². The highest BCUT2D eigenvalue weighted by molar-refractivity contribution is 5.88. The Morgan fingerprint density at radius 1 is 1.44 bits per heavy atom. The lowest BCUT2D eigenvalue weighted by Gasteiger charge is -2.25. The number of carbonyl (C=O) groups excluding carboxylic acids is 1. The number of hydrogen-bond acceptors (Lipinski definition) is 3. The summed E-state index contributed by atoms with van der Waals surface area (Å²) in [6.45, 7) is 0. The number of nitrogens with zero attached hydrogens (tertiary/aromatic N) is 1. The highest BCUT2D eigenvalue weighted by atomic mass is 16.5. The summed E-state index contributed by atoms with van der Waals surface area (Å²) in [5, 5.41) is 9.18. The van der Waals surface area contributed by atoms with E-state index < -0.39 is 5.92 Å². The van der Waals surface area contributed by atoms with E-state index in [1.165, 1.54) is 6.42 Å². The van der Waals surface area contributed by atoms with E-state index in [4.69, 9.17) is 4.74 Å². The summed E-state index contributed by atoms with van der Waals surface area (Å²) in [5.41, 5.74) is 0.766. The molecule has 3 nitrogen and oxygen atoms in total. The summed E-state index contributed by atoms with van der Waals surface area (Å²) in [6.07, 6.45) is 4.03. The number of nitriles is 1. The summed E-state index contributed by atoms with van der Waals surface area (Å²) in [6, 6.07) is 9.29. The Morgan fingerprint density at radius 2 is 2.11 bits per heavy atom. The normalized spacial score (nSPS) is 16.4. The first-order chi connectivity index (χ1) is 8.74. The molecule has 0 spiro atoms. The fourth-order valence-corrected chi connectivity index (χ4v) is 2.23. The molecular formula is C15H17NO2. The number of Topliss-reactive ketones (excluding diaryl/α,β-unsaturated/α-hetero) is 1. The molecule has 94 valence electrons. The highest BCUT2D eigenvalue weighted by Crippen LogP contribution is 2.32. The maximum atomic E-state index is 12.1. The highest BCUT2D eigenvalue weighted by Gasteiger charge is 2.26. The molecule has 0 radical (unpaired) electrons. The molecule has 0 amide bonds. The molecule has 3 heteroatoms. The molecule has 1 aromatic rings. The van der Waals surface area contributed by atoms with Crippen molar-refractivity contribution in [2.75, 3.05) is 7.11 Å². The number of methoxy groups -OCH3 is 1. The van der Waals surface area contributed by atoms with E-state index in [1.54, 1.807) is 31.4 Å². The predicted octanol–water partition coefficient (Wildman–Crippen LogP) is 3.06. The van der Waals surface area contributed by atoms with Gasteiger partial charge in [0.1, 0.15) is 11.7 Å². The first kappa shape index (κ1) is 12.6. The molecule has 0 bridgehead atoms. The first-order valence-corrected chi connectivity index (χ1v) is 6.31. The summed E-state index contributed by atoms with van der Waals surface area (Å²) >= 11 is 0. The zero-order valence-electron chi connectivity index (χ0n) is 10.6. The Balaban J connectivity index is 2.06. The van der Waals surface area contributed by atoms with Gasteiger partial charge < -0.3 is 4.74 Å². The van der Waals surface area contributed by atoms with Crippen molar-refractivity contribution in [1.82, 2.24) is 0 Å². The molecule has 0 heterocycles. The van der Waals surface area contributed by atoms with Crippen LogP contribution in [-0.2, 0) is 4.79 Å². The molecule has 1 unspecified atom stereocenters. The van der Waals surface area contributed by atoms with E-state index in [9.17, 15) is 10.1 Å². The Kier molecular flexibility index (Phi) is 3.99. The summed E-state index contributed by atoms with van der Waals surface area (Å²) < 4.78 is 5.07. The largest absolute Gasteiger partial charge is 0.497 e. The fraction of sp³-hybridized carbons (Fsp3) is 0.467. The minimum atomic E-state index is -0.628. The van der Waals surface area contributed by atoms with Gasteiger partial charge in [-0.2, -0.15) is 5.26 Å². The van der Waals surface area contributed by atoms with Crippen molar-refractivity contribution in [3.05, 3.63) is 29.8 Å². The van der Waals surface area contributed by atoms with Gasteiger partial charge in [0.15, 0.2) is 5.78 Å². The number of ketones is 1. The maximum Gasteiger partial charge on any atom is 0.154 e. The second kappa shape index (κ2) is 5.68. The van der Waals surface area contributed by atoms with Crippen molar-refractivity contribution >= 4 is 5.78 Å². The van der Waals surface area contributed by atoms with Crippen molar-refractivity contribution in [1.29, 1.82) is 5.26 Å². The van der Waals surface area contributed by atoms with Crippen LogP contribution in [0.5, 0.6) is 5.75 Å². The second-order valence-electron chi connectivity index (χ2n) is 4.80. The summed E-state index contributed by atoms with van der Waals surface area (Å²) in [4.78, 5) is 12.1. The molecule has 0 N–H and O–H groups in total. The van der Waals surface area contributed by atoms with Gasteiger partial charge >= 0.3 is 0 Å². The smallest absolute Gasteiger partial charge is 0.154 e. The van der Waals surface area contributed by atoms with Crippen LogP contribution in [0.4, 0.5) is 0 Å². The lowest BCUT2D eigenvalue weighted by molar-refractivity contribution is -0.120. The Morgan fingerprint density at radius 3 is 2.56 bits per heavy atom. The third-order valence-corrected chi connectivity index (χ3v) is 3.61. The molecule has 0 aliphatic heterocycles. The van der Waals surface area contributed by atoms with Crippen LogP contribution in [0, 0.1) is 17.2 Å². The number of benzene rings is 1. The van der Waals surface area contributed by atoms with Gasteiger partial charge in [0.05, 0.1) is 13.2 Å². The van der Waals surface area contributed by atoms with E-state index in [0.29, 0.717) is 12.3 Å². The minimum absolute atomic E-state index is 0.0485. The van der Waals surface area contributed by atoms with Crippen molar-refractivity contribution < 1.29 is 9.53 Å². The lowest BCUT2D eigenvalue weighted by Crippen LogP contribution is -2.20. The molecule has 1 aliphatic rings. The zero-order valence-corrected chi connectivity index (χ0v) is 10.6. The van der Waals surface area contributed by atoms with Crippen LogP contribution in [0.3, 0.4) is 0 Å². The molecule has 0 aromatic heterocycles. The van der Waals surface area contributed by atoms with E-state index in [-0.39, 0.29) is 5.78 Å². The third kappa shape index (κ3) is 2.70. The average molecular weight is 243 g/mol. The van der Waals surface area contributed by atoms with Crippen LogP contribution in [0.15, 0.2) is 24.3 Å². The van der Waals surface area contributed by atoms with Gasteiger partial charge in [-0.3, -0.25) is 4.79 Å². The number of hydrogen-bond donors (Lipinski definition) is 0. The topological polar surface area (TPSA) is 50.1 Å². The molecule has 18 heavy (non-hydrogen) atoms. The summed E-state index contributed by atoms with van der Waals surface area (Å²) in [5.74, 6) is 0.664. The average Bonchev–Trinajstić information content (AvgIpc) is 2.35. The van der Waals surface area contributed by atoms with Gasteiger partial charge in [-0.15, -0.1) is 0 Å². The van der Waals surface area contributed by atoms with Crippen molar-refractivity contribution in [3.63, 3.8) is 0 Å². The van der Waals surface area contributed by atoms with Gasteiger partial charge in [0.2, 0.25) is 0 Å². The molecule has 0 saturated heterocycles. The van der Waals surface area contributed by atoms with Gasteiger partial charge in [0.25, 0.3) is 0 Å². The van der Waals surface area contributed by atoms with Crippen molar-refractivity contribution in [3.8, 4) is 11.8 Å². The van der Waals surface area contributed by atoms with Gasteiger partial charge in [-0.05, 0) is 23.6 Å². The van der Waals surface area contributed by atoms with Crippen LogP contribution in [-0.4, -0.2) is 12.9 Å². The van der Waals surface area contributed by atoms with Crippen LogP contribution in [0.25, 0.3) is 0 Å². The van der Waals surface area contributed by atoms with E-state index in [0.717, 1.165) is 24.2 Å². The van der Waals surface area contributed by atoms with Crippen LogP contribution >= 0.6 is 0 Å². The second-order valence-corrected chi connectivity index (χ2v) is 4.80. The predicted molar refractivity (Wildman–Crippen MR) is 68.3 cm³/mol. The monoisotopic (exact) mass is 243 g/mol. The number of carbonyl (C=O) groups is 1. The number of rotatable bonds is 5. The SMILES string of the molecule is COc1ccc(C(C#N)C(=O)CC2CCC2)cc1. The number of ether oxygens (including phenoxy) is 1. The van der Waals surface area contributed by atoms with E-state index in [2.05, 4.69) is 6.07 Å². The third-order valence-electron chi connectivity index (χ3n) is 3.61. The minimum Gasteiger partial charge on any atom is -0.497 e. The van der Waals surface area contributed by atoms with Crippen LogP contribution in [0.1, 0.15) is 37.2 Å². The van der Waals surface area contributed by atoms with Crippen LogP contribution < -0.4 is 4.74 Å². The summed E-state index contributed by atoms with van der Waals surface area (Å²) in [7, 11) is 1.60. The van der Waals surface area contributed by atoms with Crippen molar-refractivity contribution in [2.45, 2.75) is 31.6 Å². The molecular weight excluding hydrogens is 226 g/mol. The standard InChI is InChI=1S/C15H17NO2/c1-18-13-7-5-12(6-8-13)14(10-16)15(17)9-11-3-2-4-11/h5-8,11,14H,2-4,9H2,1H3. The quantitative estimate of drug-likeness (QED) is 0.798. The molecule has 1 aromatic carbocycles. The maximum absolute atomic E-state index is 12.1. The molecule has 1 saturated carbocycles. The Bertz CT molecular complexity index is 454. The van der Waals surface area contributed by atoms with Gasteiger partial charge in [0, 0.05) is 6.42 Å². The first-order valence-electron chi connectivity index (χ1n) is 6.31. The molecule has 1 atom stereocenters. The Labute approximate surface area is 107 Å². The Hall–Kier alpha value is -1.82. The van der Waals surface area contributed by atoms with Crippen molar-refractivity contribution in [2.24, 2.45) is 5.92 Å². The van der Waals surface area contributed by atoms with Gasteiger partial charge in [-0.1, -0.05) is 31.4 Å². The van der Waals surface area contributed by atoms with Gasteiger partial charge in [-0.25, -0.2) is 0 Å². The lowest BCUT2D eigenvalue weighted by atomic mass is 9.79. The van der Waals surface area contributed by atoms with E-state index in [1.807, 2.05) is 0 Å². The van der Waals surface area contributed by atoms with E-state index >= 15 is 0 Å². The fourth-order valence-electron chi connectivity index (χ4n) is 2.23. The molecule has 2 rings (SSSR count). The zero-order chi connectivity index (χ0) is 13.0. The molecule has 1 aliphatic carbocycles.